The molecular weight excluding hydrogens is 474 g/mol. The highest BCUT2D eigenvalue weighted by atomic mass is 127. The Hall–Kier alpha value is -1.48. The molecule has 148 valence electrons. The molecule has 0 aliphatic rings. The summed E-state index contributed by atoms with van der Waals surface area (Å²) in [6.45, 7) is 1.30. The van der Waals surface area contributed by atoms with E-state index in [0.717, 1.165) is 22.8 Å². The fourth-order valence-electron chi connectivity index (χ4n) is 2.55. The molecule has 4 nitrogen and oxygen atoms in total. The number of guanidine groups is 1. The van der Waals surface area contributed by atoms with E-state index in [1.54, 1.807) is 24.9 Å². The molecule has 0 bridgehead atoms. The molecule has 0 atom stereocenters. The van der Waals surface area contributed by atoms with Crippen LogP contribution in [0.1, 0.15) is 16.7 Å². The molecule has 2 rings (SSSR count). The number of benzene rings is 2. The molecule has 0 aliphatic heterocycles. The lowest BCUT2D eigenvalue weighted by Gasteiger charge is -2.15. The van der Waals surface area contributed by atoms with E-state index < -0.39 is 0 Å². The zero-order chi connectivity index (χ0) is 18.9. The van der Waals surface area contributed by atoms with Gasteiger partial charge in [-0.05, 0) is 47.2 Å². The van der Waals surface area contributed by atoms with Crippen molar-refractivity contribution in [2.24, 2.45) is 4.99 Å². The summed E-state index contributed by atoms with van der Waals surface area (Å²) in [4.78, 5) is 6.34. The zero-order valence-corrected chi connectivity index (χ0v) is 19.4. The number of halogens is 2. The number of thioether (sulfide) groups is 1. The number of hydrogen-bond acceptors (Lipinski definition) is 3. The van der Waals surface area contributed by atoms with Gasteiger partial charge in [0.25, 0.3) is 0 Å². The molecule has 0 spiro atoms. The predicted octanol–water partition coefficient (Wildman–Crippen LogP) is 4.24. The van der Waals surface area contributed by atoms with Gasteiger partial charge in [-0.3, -0.25) is 4.99 Å². The van der Waals surface area contributed by atoms with Crippen LogP contribution in [0.25, 0.3) is 0 Å². The molecule has 7 heteroatoms. The van der Waals surface area contributed by atoms with E-state index in [9.17, 15) is 4.39 Å². The molecule has 2 aromatic carbocycles. The largest absolute Gasteiger partial charge is 0.378 e. The first-order valence-electron chi connectivity index (χ1n) is 8.50. The molecule has 0 saturated carbocycles. The SMILES string of the molecule is CN=C(NCc1ccc(N(C)C)cc1)NCc1ccc(F)cc1CSC.I. The minimum absolute atomic E-state index is 0. The molecule has 0 heterocycles. The van der Waals surface area contributed by atoms with E-state index in [4.69, 9.17) is 0 Å². The summed E-state index contributed by atoms with van der Waals surface area (Å²) in [5.41, 5.74) is 4.45. The van der Waals surface area contributed by atoms with Crippen molar-refractivity contribution in [3.63, 3.8) is 0 Å². The van der Waals surface area contributed by atoms with Crippen molar-refractivity contribution >= 4 is 47.4 Å². The summed E-state index contributed by atoms with van der Waals surface area (Å²) in [5, 5.41) is 6.62. The van der Waals surface area contributed by atoms with E-state index in [0.29, 0.717) is 13.1 Å². The molecule has 2 aromatic rings. The van der Waals surface area contributed by atoms with Gasteiger partial charge < -0.3 is 15.5 Å². The Morgan fingerprint density at radius 1 is 1.04 bits per heavy atom. The van der Waals surface area contributed by atoms with Crippen LogP contribution in [0.2, 0.25) is 0 Å². The van der Waals surface area contributed by atoms with Crippen molar-refractivity contribution in [1.82, 2.24) is 10.6 Å². The Morgan fingerprint density at radius 3 is 2.30 bits per heavy atom. The minimum atomic E-state index is -0.193. The predicted molar refractivity (Wildman–Crippen MR) is 127 cm³/mol. The quantitative estimate of drug-likeness (QED) is 0.338. The van der Waals surface area contributed by atoms with Gasteiger partial charge in [0.05, 0.1) is 0 Å². The molecule has 0 fully saturated rings. The number of anilines is 1. The lowest BCUT2D eigenvalue weighted by atomic mass is 10.1. The summed E-state index contributed by atoms with van der Waals surface area (Å²) < 4.78 is 13.5. The van der Waals surface area contributed by atoms with E-state index >= 15 is 0 Å². The fraction of sp³-hybridized carbons (Fsp3) is 0.350. The van der Waals surface area contributed by atoms with Gasteiger partial charge >= 0.3 is 0 Å². The number of nitrogens with zero attached hydrogens (tertiary/aromatic N) is 2. The molecule has 27 heavy (non-hydrogen) atoms. The van der Waals surface area contributed by atoms with Gasteiger partial charge in [-0.2, -0.15) is 11.8 Å². The van der Waals surface area contributed by atoms with Gasteiger partial charge in [0, 0.05) is 45.7 Å². The monoisotopic (exact) mass is 502 g/mol. The van der Waals surface area contributed by atoms with Crippen LogP contribution in [0.15, 0.2) is 47.5 Å². The lowest BCUT2D eigenvalue weighted by Crippen LogP contribution is -2.36. The first-order valence-corrected chi connectivity index (χ1v) is 9.90. The topological polar surface area (TPSA) is 39.7 Å². The third-order valence-corrected chi connectivity index (χ3v) is 4.65. The molecule has 0 saturated heterocycles. The van der Waals surface area contributed by atoms with Crippen molar-refractivity contribution in [2.75, 3.05) is 32.3 Å². The van der Waals surface area contributed by atoms with Crippen molar-refractivity contribution in [3.05, 3.63) is 65.0 Å². The Kier molecular flexibility index (Phi) is 10.5. The Balaban J connectivity index is 0.00000364. The first kappa shape index (κ1) is 23.6. The van der Waals surface area contributed by atoms with Gasteiger partial charge in [-0.15, -0.1) is 24.0 Å². The Labute approximate surface area is 183 Å². The van der Waals surface area contributed by atoms with Crippen LogP contribution in [0.3, 0.4) is 0 Å². The normalized spacial score (nSPS) is 10.9. The lowest BCUT2D eigenvalue weighted by molar-refractivity contribution is 0.625. The Morgan fingerprint density at radius 2 is 1.70 bits per heavy atom. The average molecular weight is 502 g/mol. The molecular formula is C20H28FIN4S. The second-order valence-electron chi connectivity index (χ2n) is 6.19. The highest BCUT2D eigenvalue weighted by molar-refractivity contribution is 14.0. The van der Waals surface area contributed by atoms with Crippen LogP contribution in [-0.2, 0) is 18.8 Å². The van der Waals surface area contributed by atoms with Gasteiger partial charge in [0.15, 0.2) is 5.96 Å². The molecule has 0 aliphatic carbocycles. The van der Waals surface area contributed by atoms with Gasteiger partial charge in [0.2, 0.25) is 0 Å². The van der Waals surface area contributed by atoms with E-state index in [-0.39, 0.29) is 29.8 Å². The van der Waals surface area contributed by atoms with Crippen LogP contribution >= 0.6 is 35.7 Å². The number of hydrogen-bond donors (Lipinski definition) is 2. The number of nitrogens with one attached hydrogen (secondary N) is 2. The number of rotatable bonds is 7. The smallest absolute Gasteiger partial charge is 0.191 e. The fourth-order valence-corrected chi connectivity index (χ4v) is 3.13. The summed E-state index contributed by atoms with van der Waals surface area (Å²) in [7, 11) is 5.80. The third-order valence-electron chi connectivity index (χ3n) is 4.05. The average Bonchev–Trinajstić information content (AvgIpc) is 2.64. The van der Waals surface area contributed by atoms with Crippen LogP contribution in [-0.4, -0.2) is 33.4 Å². The molecule has 0 unspecified atom stereocenters. The van der Waals surface area contributed by atoms with E-state index in [1.807, 2.05) is 26.4 Å². The van der Waals surface area contributed by atoms with Gasteiger partial charge in [0.1, 0.15) is 5.82 Å². The van der Waals surface area contributed by atoms with Crippen molar-refractivity contribution in [1.29, 1.82) is 0 Å². The van der Waals surface area contributed by atoms with E-state index in [1.165, 1.54) is 17.3 Å². The summed E-state index contributed by atoms with van der Waals surface area (Å²) in [6, 6.07) is 13.3. The number of aliphatic imine (C=N–C) groups is 1. The molecule has 0 amide bonds. The van der Waals surface area contributed by atoms with Crippen LogP contribution < -0.4 is 15.5 Å². The second-order valence-corrected chi connectivity index (χ2v) is 7.05. The minimum Gasteiger partial charge on any atom is -0.378 e. The van der Waals surface area contributed by atoms with Crippen LogP contribution in [0.5, 0.6) is 0 Å². The first-order chi connectivity index (χ1) is 12.5. The summed E-state index contributed by atoms with van der Waals surface area (Å²) in [6.07, 6.45) is 2.02. The highest BCUT2D eigenvalue weighted by Crippen LogP contribution is 2.16. The maximum absolute atomic E-state index is 13.5. The zero-order valence-electron chi connectivity index (χ0n) is 16.3. The summed E-state index contributed by atoms with van der Waals surface area (Å²) in [5.74, 6) is 1.32. The summed E-state index contributed by atoms with van der Waals surface area (Å²) >= 11 is 1.68. The standard InChI is InChI=1S/C20H27FN4S.HI/c1-22-20(23-12-15-5-9-19(10-6-15)25(2)3)24-13-16-7-8-18(21)11-17(16)14-26-4;/h5-11H,12-14H2,1-4H3,(H2,22,23,24);1H. The van der Waals surface area contributed by atoms with Crippen molar-refractivity contribution < 1.29 is 4.39 Å². The molecule has 0 radical (unpaired) electrons. The van der Waals surface area contributed by atoms with Crippen molar-refractivity contribution in [2.45, 2.75) is 18.8 Å². The molecule has 2 N–H and O–H groups in total. The molecule has 0 aromatic heterocycles. The van der Waals surface area contributed by atoms with Crippen LogP contribution in [0, 0.1) is 5.82 Å². The highest BCUT2D eigenvalue weighted by Gasteiger charge is 2.06. The van der Waals surface area contributed by atoms with Crippen LogP contribution in [0.4, 0.5) is 10.1 Å². The van der Waals surface area contributed by atoms with E-state index in [2.05, 4.69) is 44.8 Å². The van der Waals surface area contributed by atoms with Gasteiger partial charge in [-0.1, -0.05) is 18.2 Å². The second kappa shape index (κ2) is 12.1. The Bertz CT molecular complexity index is 735. The third kappa shape index (κ3) is 7.57. The van der Waals surface area contributed by atoms with Crippen molar-refractivity contribution in [3.8, 4) is 0 Å². The maximum atomic E-state index is 13.5. The van der Waals surface area contributed by atoms with Gasteiger partial charge in [-0.25, -0.2) is 4.39 Å². The maximum Gasteiger partial charge on any atom is 0.191 e.